The van der Waals surface area contributed by atoms with Crippen molar-refractivity contribution in [1.29, 1.82) is 0 Å². The summed E-state index contributed by atoms with van der Waals surface area (Å²) in [6.45, 7) is 3.24. The van der Waals surface area contributed by atoms with Gasteiger partial charge in [-0.1, -0.05) is 78.9 Å². The second-order valence-electron chi connectivity index (χ2n) is 8.55. The molecule has 2 aliphatic rings. The van der Waals surface area contributed by atoms with E-state index in [0.717, 1.165) is 12.3 Å². The number of nitrogens with one attached hydrogen (secondary N) is 1. The van der Waals surface area contributed by atoms with Gasteiger partial charge in [-0.05, 0) is 36.1 Å². The molecule has 154 valence electrons. The van der Waals surface area contributed by atoms with Crippen molar-refractivity contribution in [2.45, 2.75) is 31.0 Å². The van der Waals surface area contributed by atoms with Crippen LogP contribution in [0, 0.1) is 5.92 Å². The van der Waals surface area contributed by atoms with E-state index in [-0.39, 0.29) is 0 Å². The summed E-state index contributed by atoms with van der Waals surface area (Å²) >= 11 is 0. The van der Waals surface area contributed by atoms with E-state index in [2.05, 4.69) is 89.1 Å². The Labute approximate surface area is 179 Å². The highest BCUT2D eigenvalue weighted by Crippen LogP contribution is 2.43. The van der Waals surface area contributed by atoms with Crippen molar-refractivity contribution in [3.8, 4) is 5.75 Å². The Hall–Kier alpha value is -2.62. The van der Waals surface area contributed by atoms with Crippen molar-refractivity contribution >= 4 is 0 Å². The first-order valence-electron chi connectivity index (χ1n) is 11.0. The zero-order valence-corrected chi connectivity index (χ0v) is 17.6. The number of para-hydroxylation sites is 1. The van der Waals surface area contributed by atoms with Crippen molar-refractivity contribution in [1.82, 2.24) is 10.2 Å². The maximum atomic E-state index is 5.58. The monoisotopic (exact) mass is 398 g/mol. The van der Waals surface area contributed by atoms with Gasteiger partial charge in [0.25, 0.3) is 0 Å². The third-order valence-corrected chi connectivity index (χ3v) is 6.93. The van der Waals surface area contributed by atoms with Crippen molar-refractivity contribution in [2.75, 3.05) is 20.2 Å². The lowest BCUT2D eigenvalue weighted by Crippen LogP contribution is -2.50. The number of ether oxygens (including phenoxy) is 1. The molecular formula is C27H30N2O. The van der Waals surface area contributed by atoms with Gasteiger partial charge in [0.2, 0.25) is 0 Å². The minimum Gasteiger partial charge on any atom is -0.496 e. The molecule has 0 spiro atoms. The lowest BCUT2D eigenvalue weighted by atomic mass is 9.78. The summed E-state index contributed by atoms with van der Waals surface area (Å²) in [7, 11) is 1.76. The molecule has 0 saturated carbocycles. The van der Waals surface area contributed by atoms with E-state index in [1.54, 1.807) is 7.11 Å². The molecule has 2 fully saturated rings. The van der Waals surface area contributed by atoms with Crippen LogP contribution in [0.4, 0.5) is 0 Å². The van der Waals surface area contributed by atoms with Crippen LogP contribution in [-0.2, 0) is 6.54 Å². The summed E-state index contributed by atoms with van der Waals surface area (Å²) in [4.78, 5) is 2.72. The van der Waals surface area contributed by atoms with E-state index < -0.39 is 0 Å². The molecule has 0 radical (unpaired) electrons. The average Bonchev–Trinajstić information content (AvgIpc) is 3.42. The van der Waals surface area contributed by atoms with E-state index in [1.165, 1.54) is 36.2 Å². The smallest absolute Gasteiger partial charge is 0.123 e. The first-order chi connectivity index (χ1) is 14.8. The van der Waals surface area contributed by atoms with E-state index in [4.69, 9.17) is 4.74 Å². The van der Waals surface area contributed by atoms with Crippen LogP contribution in [-0.4, -0.2) is 37.2 Å². The molecule has 2 saturated heterocycles. The zero-order chi connectivity index (χ0) is 20.3. The van der Waals surface area contributed by atoms with Crippen molar-refractivity contribution in [3.63, 3.8) is 0 Å². The minimum atomic E-state index is 0.368. The van der Waals surface area contributed by atoms with Gasteiger partial charge < -0.3 is 10.1 Å². The molecule has 0 amide bonds. The van der Waals surface area contributed by atoms with E-state index >= 15 is 0 Å². The minimum absolute atomic E-state index is 0.368. The molecule has 2 heterocycles. The van der Waals surface area contributed by atoms with Crippen LogP contribution in [0.15, 0.2) is 84.9 Å². The van der Waals surface area contributed by atoms with Gasteiger partial charge in [-0.3, -0.25) is 4.90 Å². The standard InChI is InChI=1S/C27H30N2O/c1-30-24-15-9-8-14-22(24)18-28-26-23-16-17-29(19-23)27(26)25(20-10-4-2-5-11-20)21-12-6-3-7-13-21/h2-15,23,25-28H,16-19H2,1H3/t23?,26-,27-/m1/s1. The Kier molecular flexibility index (Phi) is 5.56. The summed E-state index contributed by atoms with van der Waals surface area (Å²) in [5, 5.41) is 3.95. The second kappa shape index (κ2) is 8.63. The lowest BCUT2D eigenvalue weighted by molar-refractivity contribution is 0.197. The number of hydrogen-bond acceptors (Lipinski definition) is 3. The molecule has 3 aromatic carbocycles. The molecule has 1 N–H and O–H groups in total. The van der Waals surface area contributed by atoms with Gasteiger partial charge in [0, 0.05) is 36.7 Å². The fraction of sp³-hybridized carbons (Fsp3) is 0.333. The molecule has 2 bridgehead atoms. The number of piperidine rings is 1. The second-order valence-corrected chi connectivity index (χ2v) is 8.55. The lowest BCUT2D eigenvalue weighted by Gasteiger charge is -2.39. The summed E-state index contributed by atoms with van der Waals surface area (Å²) in [6, 6.07) is 31.4. The molecule has 2 aliphatic heterocycles. The Balaban J connectivity index is 1.47. The van der Waals surface area contributed by atoms with Gasteiger partial charge >= 0.3 is 0 Å². The molecular weight excluding hydrogens is 368 g/mol. The molecule has 3 nitrogen and oxygen atoms in total. The molecule has 3 heteroatoms. The Morgan fingerprint density at radius 3 is 2.20 bits per heavy atom. The van der Waals surface area contributed by atoms with E-state index in [1.807, 2.05) is 6.07 Å². The summed E-state index contributed by atoms with van der Waals surface area (Å²) in [5.74, 6) is 2.04. The highest BCUT2D eigenvalue weighted by atomic mass is 16.5. The molecule has 30 heavy (non-hydrogen) atoms. The summed E-state index contributed by atoms with van der Waals surface area (Å²) < 4.78 is 5.58. The van der Waals surface area contributed by atoms with Crippen LogP contribution < -0.4 is 10.1 Å². The number of hydrogen-bond donors (Lipinski definition) is 1. The Morgan fingerprint density at radius 2 is 1.53 bits per heavy atom. The quantitative estimate of drug-likeness (QED) is 0.625. The fourth-order valence-corrected chi connectivity index (χ4v) is 5.58. The predicted molar refractivity (Wildman–Crippen MR) is 122 cm³/mol. The largest absolute Gasteiger partial charge is 0.496 e. The molecule has 2 unspecified atom stereocenters. The molecule has 5 rings (SSSR count). The summed E-state index contributed by atoms with van der Waals surface area (Å²) in [6.07, 6.45) is 1.29. The normalized spacial score (nSPS) is 25.0. The predicted octanol–water partition coefficient (Wildman–Crippen LogP) is 4.69. The highest BCUT2D eigenvalue weighted by Gasteiger charge is 2.49. The van der Waals surface area contributed by atoms with Gasteiger partial charge in [-0.25, -0.2) is 0 Å². The van der Waals surface area contributed by atoms with Gasteiger partial charge in [-0.2, -0.15) is 0 Å². The number of rotatable bonds is 7. The van der Waals surface area contributed by atoms with Crippen LogP contribution >= 0.6 is 0 Å². The first-order valence-corrected chi connectivity index (χ1v) is 11.0. The first kappa shape index (κ1) is 19.3. The number of nitrogens with zero attached hydrogens (tertiary/aromatic N) is 1. The van der Waals surface area contributed by atoms with Crippen molar-refractivity contribution in [3.05, 3.63) is 102 Å². The van der Waals surface area contributed by atoms with Gasteiger partial charge in [0.15, 0.2) is 0 Å². The topological polar surface area (TPSA) is 24.5 Å². The van der Waals surface area contributed by atoms with Crippen LogP contribution in [0.2, 0.25) is 0 Å². The molecule has 0 aliphatic carbocycles. The fourth-order valence-electron chi connectivity index (χ4n) is 5.58. The number of benzene rings is 3. The maximum absolute atomic E-state index is 5.58. The number of fused-ring (bicyclic) bond motifs is 2. The number of methoxy groups -OCH3 is 1. The van der Waals surface area contributed by atoms with Crippen LogP contribution in [0.3, 0.4) is 0 Å². The summed E-state index contributed by atoms with van der Waals surface area (Å²) in [5.41, 5.74) is 4.04. The Bertz CT molecular complexity index is 919. The van der Waals surface area contributed by atoms with Crippen LogP contribution in [0.1, 0.15) is 29.0 Å². The van der Waals surface area contributed by atoms with Crippen LogP contribution in [0.5, 0.6) is 5.75 Å². The zero-order valence-electron chi connectivity index (χ0n) is 17.6. The molecule has 4 atom stereocenters. The Morgan fingerprint density at radius 1 is 0.900 bits per heavy atom. The third-order valence-electron chi connectivity index (χ3n) is 6.93. The molecule has 0 aromatic heterocycles. The van der Waals surface area contributed by atoms with Gasteiger partial charge in [-0.15, -0.1) is 0 Å². The van der Waals surface area contributed by atoms with E-state index in [0.29, 0.717) is 23.9 Å². The van der Waals surface area contributed by atoms with Gasteiger partial charge in [0.05, 0.1) is 7.11 Å². The van der Waals surface area contributed by atoms with E-state index in [9.17, 15) is 0 Å². The molecule has 3 aromatic rings. The maximum Gasteiger partial charge on any atom is 0.123 e. The average molecular weight is 399 g/mol. The van der Waals surface area contributed by atoms with Crippen molar-refractivity contribution in [2.24, 2.45) is 5.92 Å². The third kappa shape index (κ3) is 3.64. The highest BCUT2D eigenvalue weighted by molar-refractivity contribution is 5.37. The SMILES string of the molecule is COc1ccccc1CN[C@@H]1C2CCN(C2)[C@@H]1C(c1ccccc1)c1ccccc1. The van der Waals surface area contributed by atoms with Crippen molar-refractivity contribution < 1.29 is 4.74 Å². The van der Waals surface area contributed by atoms with Crippen LogP contribution in [0.25, 0.3) is 0 Å². The van der Waals surface area contributed by atoms with Gasteiger partial charge in [0.1, 0.15) is 5.75 Å².